The van der Waals surface area contributed by atoms with Crippen molar-refractivity contribution < 1.29 is 18.7 Å². The van der Waals surface area contributed by atoms with Crippen molar-refractivity contribution in [2.24, 2.45) is 5.92 Å². The van der Waals surface area contributed by atoms with Gasteiger partial charge in [-0.25, -0.2) is 4.39 Å². The van der Waals surface area contributed by atoms with Crippen LogP contribution in [0.25, 0.3) is 0 Å². The highest BCUT2D eigenvalue weighted by Crippen LogP contribution is 2.34. The Bertz CT molecular complexity index is 880. The van der Waals surface area contributed by atoms with Gasteiger partial charge >= 0.3 is 0 Å². The van der Waals surface area contributed by atoms with E-state index < -0.39 is 6.04 Å². The smallest absolute Gasteiger partial charge is 0.247 e. The highest BCUT2D eigenvalue weighted by molar-refractivity contribution is 5.90. The van der Waals surface area contributed by atoms with E-state index in [1.165, 1.54) is 24.3 Å². The van der Waals surface area contributed by atoms with Crippen molar-refractivity contribution in [1.29, 1.82) is 0 Å². The van der Waals surface area contributed by atoms with Gasteiger partial charge in [-0.05, 0) is 48.1 Å². The zero-order valence-corrected chi connectivity index (χ0v) is 15.7. The number of carbonyl (C=O) groups is 2. The van der Waals surface area contributed by atoms with Crippen molar-refractivity contribution in [1.82, 2.24) is 10.6 Å². The standard InChI is InChI=1S/C22H23FN2O3/c1-28-20-17-5-3-2-4-15(17)12-18(20)24-22(27)19(25-21(26)14-6-7-14)13-8-10-16(23)11-9-13/h2-5,8-11,14,18-20H,6-7,12H2,1H3,(H,24,27)(H,25,26)/t18-,19?,20-/m1/s1. The predicted octanol–water partition coefficient (Wildman–Crippen LogP) is 2.82. The van der Waals surface area contributed by atoms with Gasteiger partial charge in [0.1, 0.15) is 18.0 Å². The first-order chi connectivity index (χ1) is 13.6. The van der Waals surface area contributed by atoms with Gasteiger partial charge in [-0.15, -0.1) is 0 Å². The van der Waals surface area contributed by atoms with Crippen molar-refractivity contribution in [3.63, 3.8) is 0 Å². The summed E-state index contributed by atoms with van der Waals surface area (Å²) in [7, 11) is 1.62. The van der Waals surface area contributed by atoms with E-state index in [0.29, 0.717) is 12.0 Å². The minimum Gasteiger partial charge on any atom is -0.375 e. The van der Waals surface area contributed by atoms with Crippen molar-refractivity contribution in [3.8, 4) is 0 Å². The number of halogens is 1. The van der Waals surface area contributed by atoms with Crippen molar-refractivity contribution in [2.45, 2.75) is 37.5 Å². The van der Waals surface area contributed by atoms with Crippen LogP contribution in [-0.2, 0) is 20.7 Å². The third kappa shape index (κ3) is 3.78. The number of fused-ring (bicyclic) bond motifs is 1. The van der Waals surface area contributed by atoms with Crippen LogP contribution >= 0.6 is 0 Å². The van der Waals surface area contributed by atoms with Crippen LogP contribution in [0.4, 0.5) is 4.39 Å². The van der Waals surface area contributed by atoms with E-state index in [1.807, 2.05) is 24.3 Å². The zero-order chi connectivity index (χ0) is 19.7. The molecule has 0 radical (unpaired) electrons. The molecule has 2 aromatic rings. The molecule has 1 saturated carbocycles. The van der Waals surface area contributed by atoms with Crippen molar-refractivity contribution in [2.75, 3.05) is 7.11 Å². The summed E-state index contributed by atoms with van der Waals surface area (Å²) in [5.74, 6) is -0.872. The van der Waals surface area contributed by atoms with Gasteiger partial charge in [-0.2, -0.15) is 0 Å². The quantitative estimate of drug-likeness (QED) is 0.807. The number of hydrogen-bond donors (Lipinski definition) is 2. The van der Waals surface area contributed by atoms with Crippen LogP contribution in [0.1, 0.15) is 41.7 Å². The molecule has 1 fully saturated rings. The molecule has 0 aliphatic heterocycles. The second-order valence-corrected chi connectivity index (χ2v) is 7.44. The highest BCUT2D eigenvalue weighted by atomic mass is 19.1. The third-order valence-electron chi connectivity index (χ3n) is 5.45. The highest BCUT2D eigenvalue weighted by Gasteiger charge is 2.37. The van der Waals surface area contributed by atoms with Gasteiger partial charge in [0.05, 0.1) is 6.04 Å². The molecule has 2 N–H and O–H groups in total. The lowest BCUT2D eigenvalue weighted by Crippen LogP contribution is -2.46. The van der Waals surface area contributed by atoms with Crippen LogP contribution < -0.4 is 10.6 Å². The van der Waals surface area contributed by atoms with Gasteiger partial charge in [0, 0.05) is 13.0 Å². The fraction of sp³-hybridized carbons (Fsp3) is 0.364. The maximum absolute atomic E-state index is 13.3. The molecule has 3 atom stereocenters. The second kappa shape index (κ2) is 7.72. The number of hydrogen-bond acceptors (Lipinski definition) is 3. The Morgan fingerprint density at radius 2 is 1.82 bits per heavy atom. The molecule has 28 heavy (non-hydrogen) atoms. The van der Waals surface area contributed by atoms with Gasteiger partial charge in [0.2, 0.25) is 11.8 Å². The molecule has 2 amide bonds. The lowest BCUT2D eigenvalue weighted by Gasteiger charge is -2.25. The predicted molar refractivity (Wildman–Crippen MR) is 102 cm³/mol. The topological polar surface area (TPSA) is 67.4 Å². The molecule has 0 aromatic heterocycles. The molecular formula is C22H23FN2O3. The van der Waals surface area contributed by atoms with Crippen molar-refractivity contribution >= 4 is 11.8 Å². The summed E-state index contributed by atoms with van der Waals surface area (Å²) < 4.78 is 19.0. The van der Waals surface area contributed by atoms with Crippen LogP contribution in [0.15, 0.2) is 48.5 Å². The largest absolute Gasteiger partial charge is 0.375 e. The monoisotopic (exact) mass is 382 g/mol. The third-order valence-corrected chi connectivity index (χ3v) is 5.45. The summed E-state index contributed by atoms with van der Waals surface area (Å²) in [5, 5.41) is 5.86. The van der Waals surface area contributed by atoms with E-state index in [9.17, 15) is 14.0 Å². The molecule has 2 aliphatic rings. The lowest BCUT2D eigenvalue weighted by molar-refractivity contribution is -0.130. The van der Waals surface area contributed by atoms with Crippen LogP contribution in [0, 0.1) is 11.7 Å². The van der Waals surface area contributed by atoms with Crippen LogP contribution in [0.3, 0.4) is 0 Å². The normalized spacial score (nSPS) is 21.6. The van der Waals surface area contributed by atoms with Gasteiger partial charge in [0.25, 0.3) is 0 Å². The SMILES string of the molecule is CO[C@@H]1c2ccccc2C[C@H]1NC(=O)C(NC(=O)C1CC1)c1ccc(F)cc1. The maximum atomic E-state index is 13.3. The lowest BCUT2D eigenvalue weighted by atomic mass is 10.0. The first-order valence-corrected chi connectivity index (χ1v) is 9.53. The van der Waals surface area contributed by atoms with Gasteiger partial charge in [0.15, 0.2) is 0 Å². The maximum Gasteiger partial charge on any atom is 0.247 e. The molecule has 146 valence electrons. The number of amides is 2. The molecule has 2 aliphatic carbocycles. The summed E-state index contributed by atoms with van der Waals surface area (Å²) in [4.78, 5) is 25.4. The van der Waals surface area contributed by atoms with Crippen LogP contribution in [0.5, 0.6) is 0 Å². The minimum atomic E-state index is -0.866. The zero-order valence-electron chi connectivity index (χ0n) is 15.7. The molecule has 5 nitrogen and oxygen atoms in total. The molecule has 0 heterocycles. The Balaban J connectivity index is 1.53. The summed E-state index contributed by atoms with van der Waals surface area (Å²) in [6.07, 6.45) is 2.10. The van der Waals surface area contributed by atoms with Crippen LogP contribution in [0.2, 0.25) is 0 Å². The first kappa shape index (κ1) is 18.6. The Kier molecular flexibility index (Phi) is 5.13. The molecule has 0 spiro atoms. The van der Waals surface area contributed by atoms with E-state index in [1.54, 1.807) is 7.11 Å². The van der Waals surface area contributed by atoms with Crippen molar-refractivity contribution in [3.05, 3.63) is 71.0 Å². The number of nitrogens with one attached hydrogen (secondary N) is 2. The number of rotatable bonds is 6. The summed E-state index contributed by atoms with van der Waals surface area (Å²) in [5.41, 5.74) is 2.76. The molecule has 0 saturated heterocycles. The fourth-order valence-electron chi connectivity index (χ4n) is 3.80. The Hall–Kier alpha value is -2.73. The molecule has 0 bridgehead atoms. The van der Waals surface area contributed by atoms with E-state index in [-0.39, 0.29) is 35.7 Å². The Morgan fingerprint density at radius 3 is 2.50 bits per heavy atom. The molecule has 2 aromatic carbocycles. The minimum absolute atomic E-state index is 0.0294. The van der Waals surface area contributed by atoms with Crippen LogP contribution in [-0.4, -0.2) is 25.0 Å². The van der Waals surface area contributed by atoms with Gasteiger partial charge in [-0.3, -0.25) is 9.59 Å². The molecule has 6 heteroatoms. The van der Waals surface area contributed by atoms with E-state index >= 15 is 0 Å². The summed E-state index contributed by atoms with van der Waals surface area (Å²) >= 11 is 0. The van der Waals surface area contributed by atoms with E-state index in [4.69, 9.17) is 4.74 Å². The number of methoxy groups -OCH3 is 1. The van der Waals surface area contributed by atoms with E-state index in [2.05, 4.69) is 10.6 Å². The van der Waals surface area contributed by atoms with E-state index in [0.717, 1.165) is 24.0 Å². The Labute approximate surface area is 163 Å². The molecular weight excluding hydrogens is 359 g/mol. The molecule has 1 unspecified atom stereocenters. The average Bonchev–Trinajstić information content (AvgIpc) is 3.48. The average molecular weight is 382 g/mol. The number of ether oxygens (including phenoxy) is 1. The number of benzene rings is 2. The fourth-order valence-corrected chi connectivity index (χ4v) is 3.80. The molecule has 4 rings (SSSR count). The number of carbonyl (C=O) groups excluding carboxylic acids is 2. The summed E-state index contributed by atoms with van der Waals surface area (Å²) in [6, 6.07) is 12.5. The Morgan fingerprint density at radius 1 is 1.11 bits per heavy atom. The second-order valence-electron chi connectivity index (χ2n) is 7.44. The van der Waals surface area contributed by atoms with Gasteiger partial charge < -0.3 is 15.4 Å². The summed E-state index contributed by atoms with van der Waals surface area (Å²) in [6.45, 7) is 0. The van der Waals surface area contributed by atoms with Gasteiger partial charge in [-0.1, -0.05) is 36.4 Å². The first-order valence-electron chi connectivity index (χ1n) is 9.53.